The zero-order chi connectivity index (χ0) is 32.8. The predicted octanol–water partition coefficient (Wildman–Crippen LogP) is 5.02. The highest BCUT2D eigenvalue weighted by Gasteiger charge is 2.31. The van der Waals surface area contributed by atoms with Gasteiger partial charge in [0.2, 0.25) is 5.91 Å². The second kappa shape index (κ2) is 11.6. The molecule has 0 unspecified atom stereocenters. The van der Waals surface area contributed by atoms with Gasteiger partial charge in [0.15, 0.2) is 23.3 Å². The molecule has 1 N–H and O–H groups in total. The molecule has 0 aromatic carbocycles. The van der Waals surface area contributed by atoms with Gasteiger partial charge in [-0.05, 0) is 32.3 Å². The average molecular weight is 619 g/mol. The van der Waals surface area contributed by atoms with Gasteiger partial charge in [-0.2, -0.15) is 5.10 Å². The van der Waals surface area contributed by atoms with Crippen LogP contribution in [0.4, 0.5) is 17.6 Å². The van der Waals surface area contributed by atoms with Crippen LogP contribution in [0, 0.1) is 23.3 Å². The summed E-state index contributed by atoms with van der Waals surface area (Å²) in [6.45, 7) is 1.30. The zero-order valence-corrected chi connectivity index (χ0v) is 23.8. The molecule has 0 saturated carbocycles. The van der Waals surface area contributed by atoms with Gasteiger partial charge in [0, 0.05) is 37.4 Å². The van der Waals surface area contributed by atoms with Crippen LogP contribution in [0.25, 0.3) is 11.5 Å². The summed E-state index contributed by atoms with van der Waals surface area (Å²) in [6, 6.07) is 1.62. The van der Waals surface area contributed by atoms with E-state index in [0.717, 1.165) is 15.4 Å². The Hall–Kier alpha value is -4.52. The maximum absolute atomic E-state index is 16.5. The molecule has 43 heavy (non-hydrogen) atoms. The van der Waals surface area contributed by atoms with Gasteiger partial charge in [0.25, 0.3) is 5.56 Å². The van der Waals surface area contributed by atoms with Crippen LogP contribution in [-0.2, 0) is 29.7 Å². The first-order valence-corrected chi connectivity index (χ1v) is 13.3. The lowest BCUT2D eigenvalue weighted by Crippen LogP contribution is -2.40. The van der Waals surface area contributed by atoms with Crippen molar-refractivity contribution in [3.8, 4) is 17.3 Å². The second-order valence-corrected chi connectivity index (χ2v) is 10.6. The number of allylic oxidation sites excluding steroid dienone is 2. The molecule has 0 fully saturated rings. The first-order valence-electron chi connectivity index (χ1n) is 13.9. The van der Waals surface area contributed by atoms with E-state index in [9.17, 15) is 18.4 Å². The third-order valence-corrected chi connectivity index (χ3v) is 6.92. The minimum Gasteiger partial charge on any atom is -0.485 e. The molecule has 1 aliphatic heterocycles. The van der Waals surface area contributed by atoms with Gasteiger partial charge in [-0.25, -0.2) is 27.2 Å². The molecule has 0 spiro atoms. The smallest absolute Gasteiger partial charge is 0.278 e. The standard InChI is InChI=1S/C29H25ClF4N6O3/c1-15(41)37-29(2,3)26-20(33)13-39(38-26)27-24(34)25-16(11-36-27)7-5-4-6-8-18-10-22(23(30)28(42)40(18)25)43-14-21-19(32)9-17(31)12-35-21/h4,6,9-13H,5,7-8,14H2,1-3H3,(H,37,41)/b6-4-/i14D2. The highest BCUT2D eigenvalue weighted by Crippen LogP contribution is 2.31. The van der Waals surface area contributed by atoms with Gasteiger partial charge in [-0.3, -0.25) is 19.1 Å². The van der Waals surface area contributed by atoms with Crippen molar-refractivity contribution in [2.75, 3.05) is 0 Å². The molecule has 14 heteroatoms. The predicted molar refractivity (Wildman–Crippen MR) is 148 cm³/mol. The number of halogens is 5. The van der Waals surface area contributed by atoms with E-state index in [1.165, 1.54) is 33.0 Å². The highest BCUT2D eigenvalue weighted by molar-refractivity contribution is 6.31. The minimum atomic E-state index is -2.99. The van der Waals surface area contributed by atoms with Crippen molar-refractivity contribution in [2.45, 2.75) is 52.1 Å². The number of rotatable bonds is 6. The monoisotopic (exact) mass is 618 g/mol. The van der Waals surface area contributed by atoms with Crippen molar-refractivity contribution in [3.63, 3.8) is 0 Å². The van der Waals surface area contributed by atoms with E-state index in [1.54, 1.807) is 12.2 Å². The largest absolute Gasteiger partial charge is 0.485 e. The number of carbonyl (C=O) groups excluding carboxylic acids is 1. The number of aryl methyl sites for hydroxylation is 1. The molecule has 4 aromatic rings. The molecule has 0 saturated heterocycles. The van der Waals surface area contributed by atoms with Gasteiger partial charge in [-0.1, -0.05) is 23.8 Å². The molecule has 4 aromatic heterocycles. The molecule has 0 bridgehead atoms. The van der Waals surface area contributed by atoms with E-state index >= 15 is 8.78 Å². The maximum atomic E-state index is 16.5. The van der Waals surface area contributed by atoms with Crippen LogP contribution in [0.3, 0.4) is 0 Å². The topological polar surface area (TPSA) is 104 Å². The van der Waals surface area contributed by atoms with Crippen molar-refractivity contribution in [3.05, 3.63) is 104 Å². The third-order valence-electron chi connectivity index (χ3n) is 6.57. The second-order valence-electron chi connectivity index (χ2n) is 10.2. The summed E-state index contributed by atoms with van der Waals surface area (Å²) in [5.41, 5.74) is -3.16. The SMILES string of the molecule is [2H]C([2H])(Oc1cc2n(c(=O)c1Cl)-c1c(cnc(-n3cc(F)c(C(C)(C)NC(C)=O)n3)c1F)CC/C=C\C2)c1ncc(F)cc1F. The van der Waals surface area contributed by atoms with E-state index < -0.39 is 69.1 Å². The summed E-state index contributed by atoms with van der Waals surface area (Å²) in [6.07, 6.45) is 7.05. The number of hydrogen-bond acceptors (Lipinski definition) is 6. The molecule has 9 nitrogen and oxygen atoms in total. The molecular weight excluding hydrogens is 592 g/mol. The number of aromatic nitrogens is 5. The lowest BCUT2D eigenvalue weighted by atomic mass is 10.0. The van der Waals surface area contributed by atoms with Gasteiger partial charge in [0.05, 0.1) is 26.4 Å². The molecule has 5 rings (SSSR count). The minimum absolute atomic E-state index is 0.0386. The highest BCUT2D eigenvalue weighted by atomic mass is 35.5. The first-order chi connectivity index (χ1) is 21.1. The lowest BCUT2D eigenvalue weighted by molar-refractivity contribution is -0.120. The number of carbonyl (C=O) groups is 1. The normalized spacial score (nSPS) is 14.8. The zero-order valence-electron chi connectivity index (χ0n) is 25.0. The maximum Gasteiger partial charge on any atom is 0.278 e. The van der Waals surface area contributed by atoms with Gasteiger partial charge >= 0.3 is 0 Å². The number of nitrogens with one attached hydrogen (secondary N) is 1. The summed E-state index contributed by atoms with van der Waals surface area (Å²) in [5.74, 6) is -5.62. The quantitative estimate of drug-likeness (QED) is 0.241. The molecule has 5 heterocycles. The summed E-state index contributed by atoms with van der Waals surface area (Å²) in [7, 11) is 0. The fraction of sp³-hybridized carbons (Fsp3) is 0.276. The lowest BCUT2D eigenvalue weighted by Gasteiger charge is -2.23. The number of amides is 1. The Balaban J connectivity index is 1.66. The number of fused-ring (bicyclic) bond motifs is 3. The Labute approximate surface area is 250 Å². The molecule has 1 aliphatic rings. The Morgan fingerprint density at radius 2 is 1.93 bits per heavy atom. The Kier molecular flexibility index (Phi) is 7.39. The van der Waals surface area contributed by atoms with Crippen molar-refractivity contribution < 1.29 is 29.8 Å². The van der Waals surface area contributed by atoms with E-state index in [2.05, 4.69) is 20.4 Å². The average Bonchev–Trinajstić information content (AvgIpc) is 3.36. The molecular formula is C29H25ClF4N6O3. The van der Waals surface area contributed by atoms with Crippen LogP contribution in [-0.4, -0.2) is 30.2 Å². The number of pyridine rings is 3. The Bertz CT molecular complexity index is 1930. The fourth-order valence-electron chi connectivity index (χ4n) is 4.71. The van der Waals surface area contributed by atoms with Crippen LogP contribution in [0.1, 0.15) is 52.6 Å². The number of ether oxygens (including phenoxy) is 1. The van der Waals surface area contributed by atoms with Gasteiger partial charge < -0.3 is 10.1 Å². The van der Waals surface area contributed by atoms with Gasteiger partial charge in [-0.15, -0.1) is 0 Å². The Morgan fingerprint density at radius 3 is 2.65 bits per heavy atom. The molecule has 1 amide bonds. The number of nitrogens with zero attached hydrogens (tertiary/aromatic N) is 5. The van der Waals surface area contributed by atoms with Crippen LogP contribution in [0.5, 0.6) is 5.75 Å². The van der Waals surface area contributed by atoms with Crippen LogP contribution < -0.4 is 15.6 Å². The first kappa shape index (κ1) is 27.3. The van der Waals surface area contributed by atoms with E-state index in [4.69, 9.17) is 19.1 Å². The summed E-state index contributed by atoms with van der Waals surface area (Å²) < 4.78 is 82.8. The van der Waals surface area contributed by atoms with E-state index in [-0.39, 0.29) is 29.9 Å². The third kappa shape index (κ3) is 5.89. The summed E-state index contributed by atoms with van der Waals surface area (Å²) >= 11 is 6.36. The van der Waals surface area contributed by atoms with E-state index in [0.29, 0.717) is 24.2 Å². The van der Waals surface area contributed by atoms with Crippen molar-refractivity contribution >= 4 is 17.5 Å². The Morgan fingerprint density at radius 1 is 1.16 bits per heavy atom. The van der Waals surface area contributed by atoms with Crippen LogP contribution >= 0.6 is 11.6 Å². The molecule has 224 valence electrons. The summed E-state index contributed by atoms with van der Waals surface area (Å²) in [4.78, 5) is 33.0. The van der Waals surface area contributed by atoms with Crippen LogP contribution in [0.15, 0.2) is 47.7 Å². The molecule has 0 aliphatic carbocycles. The van der Waals surface area contributed by atoms with E-state index in [1.807, 2.05) is 0 Å². The van der Waals surface area contributed by atoms with Crippen molar-refractivity contribution in [2.24, 2.45) is 0 Å². The fourth-order valence-corrected chi connectivity index (χ4v) is 4.89. The van der Waals surface area contributed by atoms with Crippen molar-refractivity contribution in [1.29, 1.82) is 0 Å². The molecule has 0 radical (unpaired) electrons. The van der Waals surface area contributed by atoms with Crippen LogP contribution in [0.2, 0.25) is 5.02 Å². The van der Waals surface area contributed by atoms with Crippen molar-refractivity contribution in [1.82, 2.24) is 29.6 Å². The van der Waals surface area contributed by atoms with Gasteiger partial charge in [0.1, 0.15) is 34.5 Å². The molecule has 0 atom stereocenters. The number of hydrogen-bond donors (Lipinski definition) is 1. The summed E-state index contributed by atoms with van der Waals surface area (Å²) in [5, 5.41) is 6.05.